The van der Waals surface area contributed by atoms with Crippen LogP contribution >= 0.6 is 50.1 Å². The molecular formula is C7H3BrClIN4O. The van der Waals surface area contributed by atoms with Gasteiger partial charge in [-0.1, -0.05) is 11.6 Å². The second-order valence-electron chi connectivity index (χ2n) is 2.62. The van der Waals surface area contributed by atoms with Crippen molar-refractivity contribution in [1.82, 2.24) is 20.0 Å². The first-order valence-electron chi connectivity index (χ1n) is 3.74. The SMILES string of the molecule is O=c1cc(Cl)[nH]nc1-n1cc(Br)c(I)n1. The quantitative estimate of drug-likeness (QED) is 0.744. The van der Waals surface area contributed by atoms with Crippen LogP contribution in [0.2, 0.25) is 5.15 Å². The molecule has 2 aromatic rings. The fourth-order valence-corrected chi connectivity index (χ4v) is 1.76. The molecule has 0 aromatic carbocycles. The third-order valence-corrected chi connectivity index (χ3v) is 3.90. The normalized spacial score (nSPS) is 10.6. The molecule has 0 saturated heterocycles. The summed E-state index contributed by atoms with van der Waals surface area (Å²) < 4.78 is 2.95. The van der Waals surface area contributed by atoms with Crippen LogP contribution in [0, 0.1) is 3.70 Å². The first-order valence-corrected chi connectivity index (χ1v) is 5.99. The van der Waals surface area contributed by atoms with Gasteiger partial charge in [0.25, 0.3) is 0 Å². The Morgan fingerprint density at radius 3 is 2.87 bits per heavy atom. The summed E-state index contributed by atoms with van der Waals surface area (Å²) in [6, 6.07) is 1.26. The number of rotatable bonds is 1. The van der Waals surface area contributed by atoms with Crippen molar-refractivity contribution in [2.24, 2.45) is 0 Å². The second kappa shape index (κ2) is 4.22. The van der Waals surface area contributed by atoms with E-state index in [-0.39, 0.29) is 16.4 Å². The molecule has 0 aliphatic rings. The van der Waals surface area contributed by atoms with E-state index in [0.717, 1.165) is 8.17 Å². The standard InChI is InChI=1S/C7H3BrClIN4O/c8-3-2-14(13-6(3)10)7-4(15)1-5(9)11-12-7/h1-2H,(H,11,15). The number of hydrogen-bond acceptors (Lipinski definition) is 3. The van der Waals surface area contributed by atoms with Crippen molar-refractivity contribution in [3.05, 3.63) is 35.8 Å². The summed E-state index contributed by atoms with van der Waals surface area (Å²) in [5.74, 6) is 0.183. The summed E-state index contributed by atoms with van der Waals surface area (Å²) in [5, 5.41) is 10.6. The topological polar surface area (TPSA) is 63.6 Å². The molecule has 0 atom stereocenters. The molecule has 0 fully saturated rings. The molecule has 1 N–H and O–H groups in total. The molecule has 0 radical (unpaired) electrons. The van der Waals surface area contributed by atoms with Crippen molar-refractivity contribution in [3.8, 4) is 5.82 Å². The van der Waals surface area contributed by atoms with E-state index in [2.05, 4.69) is 31.2 Å². The summed E-state index contributed by atoms with van der Waals surface area (Å²) in [7, 11) is 0. The van der Waals surface area contributed by atoms with Crippen LogP contribution in [0.15, 0.2) is 21.5 Å². The Balaban J connectivity index is 2.59. The predicted molar refractivity (Wildman–Crippen MR) is 67.4 cm³/mol. The molecule has 15 heavy (non-hydrogen) atoms. The molecular weight excluding hydrogens is 398 g/mol. The molecule has 5 nitrogen and oxygen atoms in total. The molecule has 0 bridgehead atoms. The van der Waals surface area contributed by atoms with Crippen LogP contribution in [0.3, 0.4) is 0 Å². The van der Waals surface area contributed by atoms with E-state index in [1.807, 2.05) is 22.6 Å². The smallest absolute Gasteiger partial charge is 0.227 e. The number of halogens is 3. The number of aromatic nitrogens is 4. The molecule has 2 rings (SSSR count). The van der Waals surface area contributed by atoms with Crippen LogP contribution in [0.1, 0.15) is 0 Å². The summed E-state index contributed by atoms with van der Waals surface area (Å²) in [6.45, 7) is 0. The van der Waals surface area contributed by atoms with Crippen LogP contribution in [-0.4, -0.2) is 20.0 Å². The van der Waals surface area contributed by atoms with Gasteiger partial charge in [0.05, 0.1) is 4.47 Å². The van der Waals surface area contributed by atoms with Gasteiger partial charge in [0.15, 0.2) is 0 Å². The Hall–Kier alpha value is -0.410. The van der Waals surface area contributed by atoms with Crippen molar-refractivity contribution in [2.45, 2.75) is 0 Å². The molecule has 8 heteroatoms. The lowest BCUT2D eigenvalue weighted by Crippen LogP contribution is -2.14. The Bertz CT molecular complexity index is 547. The van der Waals surface area contributed by atoms with Gasteiger partial charge < -0.3 is 0 Å². The molecule has 0 amide bonds. The van der Waals surface area contributed by atoms with Gasteiger partial charge in [0, 0.05) is 12.3 Å². The monoisotopic (exact) mass is 400 g/mol. The molecule has 2 heterocycles. The lowest BCUT2D eigenvalue weighted by molar-refractivity contribution is 0.798. The number of H-pyrrole nitrogens is 1. The third-order valence-electron chi connectivity index (χ3n) is 1.59. The van der Waals surface area contributed by atoms with E-state index in [4.69, 9.17) is 11.6 Å². The van der Waals surface area contributed by atoms with Crippen LogP contribution < -0.4 is 5.43 Å². The Labute approximate surface area is 111 Å². The maximum Gasteiger partial charge on any atom is 0.227 e. The number of aromatic amines is 1. The third kappa shape index (κ3) is 2.23. The van der Waals surface area contributed by atoms with E-state index in [0.29, 0.717) is 0 Å². The highest BCUT2D eigenvalue weighted by molar-refractivity contribution is 14.1. The first-order chi connectivity index (χ1) is 7.08. The summed E-state index contributed by atoms with van der Waals surface area (Å²) in [5.41, 5.74) is -0.287. The van der Waals surface area contributed by atoms with Crippen LogP contribution in [-0.2, 0) is 0 Å². The predicted octanol–water partition coefficient (Wildman–Crippen LogP) is 1.98. The lowest BCUT2D eigenvalue weighted by atomic mass is 10.5. The minimum Gasteiger partial charge on any atom is -0.286 e. The van der Waals surface area contributed by atoms with Crippen LogP contribution in [0.5, 0.6) is 0 Å². The van der Waals surface area contributed by atoms with Gasteiger partial charge in [0.1, 0.15) is 8.85 Å². The summed E-state index contributed by atoms with van der Waals surface area (Å²) >= 11 is 10.9. The van der Waals surface area contributed by atoms with Crippen molar-refractivity contribution in [1.29, 1.82) is 0 Å². The van der Waals surface area contributed by atoms with Crippen molar-refractivity contribution >= 4 is 50.1 Å². The van der Waals surface area contributed by atoms with E-state index in [1.54, 1.807) is 6.20 Å². The minimum atomic E-state index is -0.287. The number of nitrogens with one attached hydrogen (secondary N) is 1. The zero-order chi connectivity index (χ0) is 11.0. The zero-order valence-corrected chi connectivity index (χ0v) is 11.5. The lowest BCUT2D eigenvalue weighted by Gasteiger charge is -1.97. The second-order valence-corrected chi connectivity index (χ2v) is 4.90. The van der Waals surface area contributed by atoms with Gasteiger partial charge in [-0.25, -0.2) is 4.68 Å². The van der Waals surface area contributed by atoms with Crippen molar-refractivity contribution < 1.29 is 0 Å². The highest BCUT2D eigenvalue weighted by Gasteiger charge is 2.09. The Morgan fingerprint density at radius 2 is 2.33 bits per heavy atom. The number of nitrogens with zero attached hydrogens (tertiary/aromatic N) is 3. The van der Waals surface area contributed by atoms with Crippen molar-refractivity contribution in [3.63, 3.8) is 0 Å². The average molecular weight is 401 g/mol. The average Bonchev–Trinajstić information content (AvgIpc) is 2.46. The van der Waals surface area contributed by atoms with Gasteiger partial charge in [-0.2, -0.15) is 10.2 Å². The van der Waals surface area contributed by atoms with E-state index >= 15 is 0 Å². The molecule has 2 aromatic heterocycles. The minimum absolute atomic E-state index is 0.183. The fourth-order valence-electron chi connectivity index (χ4n) is 0.978. The van der Waals surface area contributed by atoms with Crippen LogP contribution in [0.25, 0.3) is 5.82 Å². The van der Waals surface area contributed by atoms with E-state index < -0.39 is 0 Å². The molecule has 0 saturated carbocycles. The number of hydrogen-bond donors (Lipinski definition) is 1. The van der Waals surface area contributed by atoms with Gasteiger partial charge in [-0.15, -0.1) is 0 Å². The highest BCUT2D eigenvalue weighted by atomic mass is 127. The van der Waals surface area contributed by atoms with Gasteiger partial charge in [0.2, 0.25) is 11.2 Å². The Morgan fingerprint density at radius 1 is 1.60 bits per heavy atom. The molecule has 0 aliphatic heterocycles. The van der Waals surface area contributed by atoms with Crippen LogP contribution in [0.4, 0.5) is 0 Å². The molecule has 78 valence electrons. The van der Waals surface area contributed by atoms with Gasteiger partial charge >= 0.3 is 0 Å². The van der Waals surface area contributed by atoms with Crippen molar-refractivity contribution in [2.75, 3.05) is 0 Å². The maximum absolute atomic E-state index is 11.5. The van der Waals surface area contributed by atoms with Gasteiger partial charge in [-0.3, -0.25) is 9.89 Å². The highest BCUT2D eigenvalue weighted by Crippen LogP contribution is 2.17. The molecule has 0 aliphatic carbocycles. The molecule has 0 unspecified atom stereocenters. The Kier molecular flexibility index (Phi) is 3.12. The summed E-state index contributed by atoms with van der Waals surface area (Å²) in [4.78, 5) is 11.5. The molecule has 0 spiro atoms. The first kappa shape index (κ1) is 11.1. The zero-order valence-electron chi connectivity index (χ0n) is 7.04. The fraction of sp³-hybridized carbons (Fsp3) is 0. The maximum atomic E-state index is 11.5. The largest absolute Gasteiger partial charge is 0.286 e. The van der Waals surface area contributed by atoms with E-state index in [9.17, 15) is 4.79 Å². The summed E-state index contributed by atoms with van der Waals surface area (Å²) in [6.07, 6.45) is 1.66. The van der Waals surface area contributed by atoms with E-state index in [1.165, 1.54) is 10.7 Å². The van der Waals surface area contributed by atoms with Gasteiger partial charge in [-0.05, 0) is 38.5 Å².